The number of hydrogen-bond donors (Lipinski definition) is 3. The fourth-order valence-electron chi connectivity index (χ4n) is 15.1. The van der Waals surface area contributed by atoms with E-state index in [1.807, 2.05) is 83.7 Å². The van der Waals surface area contributed by atoms with Crippen LogP contribution < -0.4 is 16.4 Å². The SMILES string of the molecule is CC[C@H](C)[C@@H]([C@@H](CC(=O)N1CCC[C@H]1[C@H](OC)[C@@H](C)C(=O)C[C@@H](Cc1ccccc1)c1ncccn1)OC)N(C)C(=O)[C@@H](CC(=O)[C@@H]1[C@H]2CC[C@H](C2)N1C(=O)OCc1ccc(CC(=O)[C@H](CCCNC(N)=O)NC(=O)[C@@H](CC(=O)CCCCCN2C(=O)C=CC2=O)C(C)C)cc1)C(C)C. The molecule has 540 valence electrons. The van der Waals surface area contributed by atoms with Gasteiger partial charge in [-0.25, -0.2) is 19.6 Å². The van der Waals surface area contributed by atoms with Crippen LogP contribution in [0.3, 0.4) is 0 Å². The summed E-state index contributed by atoms with van der Waals surface area (Å²) >= 11 is 0. The van der Waals surface area contributed by atoms with Gasteiger partial charge in [-0.15, -0.1) is 0 Å². The third-order valence-corrected chi connectivity index (χ3v) is 21.0. The number of aromatic nitrogens is 2. The number of nitrogens with one attached hydrogen (secondary N) is 2. The molecular formula is C76H107N9O14. The molecule has 2 aromatic carbocycles. The number of piperidine rings is 1. The third-order valence-electron chi connectivity index (χ3n) is 21.0. The molecule has 3 aromatic rings. The van der Waals surface area contributed by atoms with Crippen LogP contribution in [0.2, 0.25) is 0 Å². The highest BCUT2D eigenvalue weighted by Gasteiger charge is 2.53. The van der Waals surface area contributed by atoms with Crippen molar-refractivity contribution >= 4 is 64.8 Å². The first kappa shape index (κ1) is 78.3. The lowest BCUT2D eigenvalue weighted by Gasteiger charge is -2.41. The van der Waals surface area contributed by atoms with Crippen molar-refractivity contribution in [1.82, 2.24) is 40.2 Å². The number of carbonyl (C=O) groups excluding carboxylic acids is 11. The minimum atomic E-state index is -0.948. The molecule has 0 spiro atoms. The molecule has 23 heteroatoms. The Bertz CT molecular complexity index is 3260. The summed E-state index contributed by atoms with van der Waals surface area (Å²) in [7, 11) is 4.86. The summed E-state index contributed by atoms with van der Waals surface area (Å²) in [5.41, 5.74) is 7.62. The first-order valence-electron chi connectivity index (χ1n) is 35.8. The number of likely N-dealkylation sites (N-methyl/N-ethyl adjacent to an activating group) is 1. The Morgan fingerprint density at radius 2 is 1.41 bits per heavy atom. The molecule has 3 aliphatic heterocycles. The Hall–Kier alpha value is -8.05. The number of nitrogens with two attached hydrogens (primary N) is 1. The molecule has 4 heterocycles. The van der Waals surface area contributed by atoms with Gasteiger partial charge in [0, 0.05) is 127 Å². The number of unbranched alkanes of at least 4 members (excludes halogenated alkanes) is 2. The van der Waals surface area contributed by atoms with Gasteiger partial charge in [0.25, 0.3) is 11.8 Å². The number of hydrogen-bond acceptors (Lipinski definition) is 16. The number of ether oxygens (including phenoxy) is 3. The highest BCUT2D eigenvalue weighted by Crippen LogP contribution is 2.44. The van der Waals surface area contributed by atoms with Gasteiger partial charge in [0.2, 0.25) is 17.7 Å². The van der Waals surface area contributed by atoms with Crippen molar-refractivity contribution in [2.24, 2.45) is 47.2 Å². The topological polar surface area (TPSA) is 304 Å². The van der Waals surface area contributed by atoms with E-state index in [-0.39, 0.29) is 153 Å². The molecule has 23 nitrogen and oxygen atoms in total. The zero-order chi connectivity index (χ0) is 72.0. The van der Waals surface area contributed by atoms with Crippen molar-refractivity contribution in [3.63, 3.8) is 0 Å². The number of imide groups is 1. The van der Waals surface area contributed by atoms with E-state index in [0.29, 0.717) is 81.3 Å². The maximum Gasteiger partial charge on any atom is 0.410 e. The molecule has 1 aromatic heterocycles. The van der Waals surface area contributed by atoms with Gasteiger partial charge >= 0.3 is 12.1 Å². The second-order valence-electron chi connectivity index (χ2n) is 28.4. The molecule has 1 saturated carbocycles. The van der Waals surface area contributed by atoms with Crippen LogP contribution in [0.25, 0.3) is 0 Å². The number of urea groups is 1. The first-order chi connectivity index (χ1) is 47.3. The smallest absolute Gasteiger partial charge is 0.410 e. The van der Waals surface area contributed by atoms with Gasteiger partial charge in [0.15, 0.2) is 11.6 Å². The maximum atomic E-state index is 15.1. The summed E-state index contributed by atoms with van der Waals surface area (Å²) in [4.78, 5) is 165. The van der Waals surface area contributed by atoms with Crippen molar-refractivity contribution < 1.29 is 67.0 Å². The van der Waals surface area contributed by atoms with Gasteiger partial charge < -0.3 is 40.4 Å². The van der Waals surface area contributed by atoms with Gasteiger partial charge in [0.1, 0.15) is 24.0 Å². The second kappa shape index (κ2) is 37.9. The number of primary amides is 1. The van der Waals surface area contributed by atoms with Gasteiger partial charge in [-0.2, -0.15) is 0 Å². The van der Waals surface area contributed by atoms with Crippen molar-refractivity contribution in [3.8, 4) is 0 Å². The van der Waals surface area contributed by atoms with Crippen molar-refractivity contribution in [2.45, 2.75) is 219 Å². The summed E-state index contributed by atoms with van der Waals surface area (Å²) in [5, 5.41) is 5.42. The zero-order valence-corrected chi connectivity index (χ0v) is 59.8. The number of amides is 8. The average molecular weight is 1370 g/mol. The minimum absolute atomic E-state index is 0.00996. The van der Waals surface area contributed by atoms with E-state index < -0.39 is 66.1 Å². The number of benzene rings is 2. The molecule has 3 fully saturated rings. The van der Waals surface area contributed by atoms with Crippen LogP contribution in [-0.2, 0) is 76.8 Å². The summed E-state index contributed by atoms with van der Waals surface area (Å²) < 4.78 is 18.3. The van der Waals surface area contributed by atoms with Gasteiger partial charge in [-0.3, -0.25) is 53.0 Å². The lowest BCUT2D eigenvalue weighted by Crippen LogP contribution is -2.54. The number of methoxy groups -OCH3 is 2. The monoisotopic (exact) mass is 1370 g/mol. The van der Waals surface area contributed by atoms with Crippen LogP contribution in [0.15, 0.2) is 85.2 Å². The van der Waals surface area contributed by atoms with E-state index >= 15 is 4.79 Å². The molecule has 7 rings (SSSR count). The molecule has 2 bridgehead atoms. The van der Waals surface area contributed by atoms with E-state index in [0.717, 1.165) is 23.3 Å². The van der Waals surface area contributed by atoms with Crippen LogP contribution >= 0.6 is 0 Å². The van der Waals surface area contributed by atoms with Crippen LogP contribution in [0.1, 0.15) is 180 Å². The number of ketones is 4. The van der Waals surface area contributed by atoms with E-state index in [1.165, 1.54) is 12.2 Å². The molecule has 1 aliphatic carbocycles. The highest BCUT2D eigenvalue weighted by molar-refractivity contribution is 6.12. The minimum Gasteiger partial charge on any atom is -0.445 e. The largest absolute Gasteiger partial charge is 0.445 e. The van der Waals surface area contributed by atoms with Crippen molar-refractivity contribution in [2.75, 3.05) is 40.9 Å². The second-order valence-corrected chi connectivity index (χ2v) is 28.4. The quantitative estimate of drug-likeness (QED) is 0.0353. The highest BCUT2D eigenvalue weighted by atomic mass is 16.6. The van der Waals surface area contributed by atoms with E-state index in [9.17, 15) is 47.9 Å². The Morgan fingerprint density at radius 3 is 2.05 bits per heavy atom. The third kappa shape index (κ3) is 21.5. The average Bonchev–Trinajstić information content (AvgIpc) is 1.62. The van der Waals surface area contributed by atoms with Crippen LogP contribution in [0, 0.1) is 41.4 Å². The fraction of sp³-hybridized carbons (Fsp3) is 0.618. The maximum absolute atomic E-state index is 15.1. The zero-order valence-electron chi connectivity index (χ0n) is 59.8. The molecule has 2 saturated heterocycles. The van der Waals surface area contributed by atoms with Gasteiger partial charge in [-0.05, 0) is 111 Å². The predicted molar refractivity (Wildman–Crippen MR) is 372 cm³/mol. The molecule has 0 radical (unpaired) electrons. The molecule has 13 atom stereocenters. The molecule has 0 unspecified atom stereocenters. The summed E-state index contributed by atoms with van der Waals surface area (Å²) in [6.45, 7) is 14.2. The number of rotatable bonds is 41. The summed E-state index contributed by atoms with van der Waals surface area (Å²) in [5.74, 6) is -4.62. The standard InChI is InChI=1S/C76H107N9O14/c1-11-49(6)69(65(97-9)45-68(92)83-38-19-25-61(83)71(98-10)50(7)62(87)42-55(72-78-35-20-36-79-72)39-51-21-14-12-15-22-51)82(8)74(94)59(48(4)5)44-64(89)70-54-30-31-56(41-54)85(70)76(96)99-46-53-28-26-52(27-29-53)40-63(88)60(24-18-34-80-75(77)95)81-73(93)58(47(2)3)43-57(86)23-16-13-17-37-84-66(90)32-33-67(84)91/h12,14-15,20-22,26-29,32-33,35-36,47-50,54-56,58-61,65,69-71H,11,13,16-19,23-25,30-31,34,37-46H2,1-10H3,(H,81,93)(H3,77,80,95)/t49-,50-,54-,55+,56+,58-,59-,60-,61-,65+,69-,70-,71+/m0/s1. The van der Waals surface area contributed by atoms with Crippen molar-refractivity contribution in [3.05, 3.63) is 108 Å². The number of likely N-dealkylation sites (tertiary alicyclic amines) is 2. The molecule has 4 aliphatic rings. The molecule has 8 amide bonds. The lowest BCUT2D eigenvalue weighted by molar-refractivity contribution is -0.149. The Morgan fingerprint density at radius 1 is 0.737 bits per heavy atom. The number of Topliss-reactive ketones (excluding diaryl/α,β-unsaturated/α-hetero) is 4. The Balaban J connectivity index is 0.937. The molecule has 4 N–H and O–H groups in total. The fourth-order valence-corrected chi connectivity index (χ4v) is 15.1. The molecule has 99 heavy (non-hydrogen) atoms. The lowest BCUT2D eigenvalue weighted by atomic mass is 9.83. The van der Waals surface area contributed by atoms with Crippen LogP contribution in [0.4, 0.5) is 9.59 Å². The normalized spacial score (nSPS) is 20.1. The van der Waals surface area contributed by atoms with E-state index in [2.05, 4.69) is 20.6 Å². The first-order valence-corrected chi connectivity index (χ1v) is 35.8. The van der Waals surface area contributed by atoms with Gasteiger partial charge in [0.05, 0.1) is 42.8 Å². The van der Waals surface area contributed by atoms with E-state index in [4.69, 9.17) is 19.9 Å². The van der Waals surface area contributed by atoms with Gasteiger partial charge in [-0.1, -0.05) is 116 Å². The van der Waals surface area contributed by atoms with Crippen molar-refractivity contribution in [1.29, 1.82) is 0 Å². The number of fused-ring (bicyclic) bond motifs is 2. The predicted octanol–water partition coefficient (Wildman–Crippen LogP) is 8.87. The summed E-state index contributed by atoms with van der Waals surface area (Å²) in [6, 6.07) is 15.1. The Kier molecular flexibility index (Phi) is 30.0. The van der Waals surface area contributed by atoms with Crippen LogP contribution in [0.5, 0.6) is 0 Å². The summed E-state index contributed by atoms with van der Waals surface area (Å²) in [6.07, 6.45) is 11.0. The van der Waals surface area contributed by atoms with Crippen LogP contribution in [-0.4, -0.2) is 178 Å². The van der Waals surface area contributed by atoms with E-state index in [1.54, 1.807) is 73.8 Å². The number of carbonyl (C=O) groups is 11. The molecular weight excluding hydrogens is 1260 g/mol. The number of nitrogens with zero attached hydrogens (tertiary/aromatic N) is 6. The Labute approximate surface area is 584 Å².